The Kier molecular flexibility index (Phi) is 4.68. The summed E-state index contributed by atoms with van der Waals surface area (Å²) in [6.45, 7) is 0.237. The second-order valence-electron chi connectivity index (χ2n) is 4.61. The molecule has 0 radical (unpaired) electrons. The molecular weight excluding hydrogens is 268 g/mol. The maximum Gasteiger partial charge on any atom is 0.335 e. The van der Waals surface area contributed by atoms with Crippen molar-refractivity contribution in [1.82, 2.24) is 5.32 Å². The molecule has 21 heavy (non-hydrogen) atoms. The average Bonchev–Trinajstić information content (AvgIpc) is 2.53. The Balaban J connectivity index is 1.98. The van der Waals surface area contributed by atoms with E-state index in [9.17, 15) is 9.59 Å². The predicted octanol–water partition coefficient (Wildman–Crippen LogP) is 1.70. The van der Waals surface area contributed by atoms with Gasteiger partial charge in [0, 0.05) is 6.54 Å². The summed E-state index contributed by atoms with van der Waals surface area (Å²) < 4.78 is 0. The van der Waals surface area contributed by atoms with Gasteiger partial charge in [0.15, 0.2) is 0 Å². The third-order valence-corrected chi connectivity index (χ3v) is 3.08. The summed E-state index contributed by atoms with van der Waals surface area (Å²) in [5, 5.41) is 11.6. The van der Waals surface area contributed by atoms with E-state index in [0.29, 0.717) is 5.56 Å². The van der Waals surface area contributed by atoms with Crippen molar-refractivity contribution >= 4 is 11.9 Å². The van der Waals surface area contributed by atoms with E-state index in [2.05, 4.69) is 5.32 Å². The molecule has 5 heteroatoms. The van der Waals surface area contributed by atoms with Crippen molar-refractivity contribution in [2.45, 2.75) is 12.6 Å². The normalized spacial score (nSPS) is 11.7. The fourth-order valence-electron chi connectivity index (χ4n) is 1.93. The number of hydrogen-bond donors (Lipinski definition) is 3. The van der Waals surface area contributed by atoms with E-state index in [1.54, 1.807) is 24.3 Å². The molecule has 5 nitrogen and oxygen atoms in total. The van der Waals surface area contributed by atoms with E-state index in [1.807, 2.05) is 18.2 Å². The molecule has 0 heterocycles. The number of hydrogen-bond acceptors (Lipinski definition) is 3. The summed E-state index contributed by atoms with van der Waals surface area (Å²) in [7, 11) is 0. The van der Waals surface area contributed by atoms with E-state index in [-0.39, 0.29) is 18.0 Å². The number of carbonyl (C=O) groups excluding carboxylic acids is 1. The van der Waals surface area contributed by atoms with Gasteiger partial charge in [-0.25, -0.2) is 4.79 Å². The zero-order valence-electron chi connectivity index (χ0n) is 11.3. The van der Waals surface area contributed by atoms with Crippen molar-refractivity contribution in [3.63, 3.8) is 0 Å². The number of carboxylic acids is 1. The molecule has 0 unspecified atom stereocenters. The first-order valence-electron chi connectivity index (χ1n) is 6.48. The van der Waals surface area contributed by atoms with Gasteiger partial charge in [-0.3, -0.25) is 4.79 Å². The Morgan fingerprint density at radius 1 is 1.10 bits per heavy atom. The van der Waals surface area contributed by atoms with Crippen LogP contribution in [-0.2, 0) is 11.3 Å². The van der Waals surface area contributed by atoms with Crippen LogP contribution in [0.3, 0.4) is 0 Å². The fraction of sp³-hybridized carbons (Fsp3) is 0.125. The summed E-state index contributed by atoms with van der Waals surface area (Å²) in [6.07, 6.45) is 0. The predicted molar refractivity (Wildman–Crippen MR) is 78.6 cm³/mol. The van der Waals surface area contributed by atoms with Gasteiger partial charge in [0.25, 0.3) is 0 Å². The monoisotopic (exact) mass is 284 g/mol. The third kappa shape index (κ3) is 3.90. The fourth-order valence-corrected chi connectivity index (χ4v) is 1.93. The Labute approximate surface area is 122 Å². The second-order valence-corrected chi connectivity index (χ2v) is 4.61. The minimum absolute atomic E-state index is 0.189. The SMILES string of the molecule is N[C@@H](C(=O)NCc1cccc(C(=O)O)c1)c1ccccc1. The number of nitrogens with two attached hydrogens (primary N) is 1. The molecule has 2 rings (SSSR count). The molecule has 2 aromatic rings. The first-order chi connectivity index (χ1) is 10.1. The maximum absolute atomic E-state index is 12.0. The molecular formula is C16H16N2O3. The van der Waals surface area contributed by atoms with Gasteiger partial charge >= 0.3 is 5.97 Å². The van der Waals surface area contributed by atoms with Crippen molar-refractivity contribution in [3.8, 4) is 0 Å². The molecule has 0 saturated heterocycles. The molecule has 4 N–H and O–H groups in total. The van der Waals surface area contributed by atoms with Gasteiger partial charge in [-0.1, -0.05) is 42.5 Å². The number of carboxylic acid groups (broad SMARTS) is 1. The first-order valence-corrected chi connectivity index (χ1v) is 6.48. The largest absolute Gasteiger partial charge is 0.478 e. The Hall–Kier alpha value is -2.66. The molecule has 0 aromatic heterocycles. The van der Waals surface area contributed by atoms with E-state index in [4.69, 9.17) is 10.8 Å². The Morgan fingerprint density at radius 3 is 2.48 bits per heavy atom. The highest BCUT2D eigenvalue weighted by Crippen LogP contribution is 2.10. The van der Waals surface area contributed by atoms with Crippen LogP contribution >= 0.6 is 0 Å². The molecule has 1 amide bonds. The van der Waals surface area contributed by atoms with Crippen molar-refractivity contribution in [2.24, 2.45) is 5.73 Å². The minimum atomic E-state index is -0.996. The van der Waals surface area contributed by atoms with Crippen molar-refractivity contribution in [3.05, 3.63) is 71.3 Å². The molecule has 2 aromatic carbocycles. The zero-order valence-corrected chi connectivity index (χ0v) is 11.3. The maximum atomic E-state index is 12.0. The third-order valence-electron chi connectivity index (χ3n) is 3.08. The van der Waals surface area contributed by atoms with Crippen LogP contribution in [0.15, 0.2) is 54.6 Å². The van der Waals surface area contributed by atoms with E-state index in [0.717, 1.165) is 5.56 Å². The van der Waals surface area contributed by atoms with Crippen LogP contribution in [-0.4, -0.2) is 17.0 Å². The quantitative estimate of drug-likeness (QED) is 0.779. The molecule has 0 saturated carbocycles. The van der Waals surface area contributed by atoms with Gasteiger partial charge in [-0.05, 0) is 23.3 Å². The van der Waals surface area contributed by atoms with Crippen LogP contribution in [0.25, 0.3) is 0 Å². The van der Waals surface area contributed by atoms with Gasteiger partial charge < -0.3 is 16.2 Å². The molecule has 1 atom stereocenters. The molecule has 0 spiro atoms. The molecule has 108 valence electrons. The number of nitrogens with one attached hydrogen (secondary N) is 1. The highest BCUT2D eigenvalue weighted by molar-refractivity contribution is 5.87. The first kappa shape index (κ1) is 14.7. The van der Waals surface area contributed by atoms with Crippen LogP contribution in [0.1, 0.15) is 27.5 Å². The number of aromatic carboxylic acids is 1. The van der Waals surface area contributed by atoms with Crippen LogP contribution in [0.5, 0.6) is 0 Å². The van der Waals surface area contributed by atoms with E-state index in [1.165, 1.54) is 12.1 Å². The molecule has 0 fully saturated rings. The van der Waals surface area contributed by atoms with Crippen LogP contribution < -0.4 is 11.1 Å². The summed E-state index contributed by atoms with van der Waals surface area (Å²) in [5.74, 6) is -1.30. The standard InChI is InChI=1S/C16H16N2O3/c17-14(12-6-2-1-3-7-12)15(19)18-10-11-5-4-8-13(9-11)16(20)21/h1-9,14H,10,17H2,(H,18,19)(H,20,21)/t14-/m1/s1. The molecule has 0 aliphatic rings. The highest BCUT2D eigenvalue weighted by Gasteiger charge is 2.15. The number of amides is 1. The van der Waals surface area contributed by atoms with Gasteiger partial charge in [-0.2, -0.15) is 0 Å². The lowest BCUT2D eigenvalue weighted by atomic mass is 10.1. The van der Waals surface area contributed by atoms with Crippen molar-refractivity contribution in [1.29, 1.82) is 0 Å². The lowest BCUT2D eigenvalue weighted by molar-refractivity contribution is -0.122. The van der Waals surface area contributed by atoms with E-state index >= 15 is 0 Å². The van der Waals surface area contributed by atoms with Crippen LogP contribution in [0.2, 0.25) is 0 Å². The van der Waals surface area contributed by atoms with Crippen molar-refractivity contribution in [2.75, 3.05) is 0 Å². The topological polar surface area (TPSA) is 92.4 Å². The highest BCUT2D eigenvalue weighted by atomic mass is 16.4. The molecule has 0 aliphatic carbocycles. The van der Waals surface area contributed by atoms with Gasteiger partial charge in [-0.15, -0.1) is 0 Å². The number of rotatable bonds is 5. The summed E-state index contributed by atoms with van der Waals surface area (Å²) in [4.78, 5) is 22.9. The van der Waals surface area contributed by atoms with Crippen LogP contribution in [0.4, 0.5) is 0 Å². The van der Waals surface area contributed by atoms with Gasteiger partial charge in [0.1, 0.15) is 6.04 Å². The summed E-state index contributed by atoms with van der Waals surface area (Å²) >= 11 is 0. The smallest absolute Gasteiger partial charge is 0.335 e. The lowest BCUT2D eigenvalue weighted by Crippen LogP contribution is -2.33. The summed E-state index contributed by atoms with van der Waals surface area (Å²) in [6, 6.07) is 14.7. The Morgan fingerprint density at radius 2 is 1.81 bits per heavy atom. The minimum Gasteiger partial charge on any atom is -0.478 e. The molecule has 0 bridgehead atoms. The van der Waals surface area contributed by atoms with Crippen molar-refractivity contribution < 1.29 is 14.7 Å². The van der Waals surface area contributed by atoms with Gasteiger partial charge in [0.05, 0.1) is 5.56 Å². The Bertz CT molecular complexity index is 641. The average molecular weight is 284 g/mol. The second kappa shape index (κ2) is 6.67. The zero-order chi connectivity index (χ0) is 15.2. The molecule has 0 aliphatic heterocycles. The number of carbonyl (C=O) groups is 2. The lowest BCUT2D eigenvalue weighted by Gasteiger charge is -2.12. The number of benzene rings is 2. The van der Waals surface area contributed by atoms with Gasteiger partial charge in [0.2, 0.25) is 5.91 Å². The van der Waals surface area contributed by atoms with E-state index < -0.39 is 12.0 Å². The van der Waals surface area contributed by atoms with Crippen LogP contribution in [0, 0.1) is 0 Å². The summed E-state index contributed by atoms with van der Waals surface area (Å²) in [5.41, 5.74) is 7.51.